The third-order valence-corrected chi connectivity index (χ3v) is 3.12. The second-order valence-electron chi connectivity index (χ2n) is 1.91. The van der Waals surface area contributed by atoms with Crippen LogP contribution in [0.3, 0.4) is 0 Å². The molecule has 0 aliphatic rings. The van der Waals surface area contributed by atoms with Gasteiger partial charge in [0.25, 0.3) is 0 Å². The Morgan fingerprint density at radius 3 is 2.70 bits per heavy atom. The summed E-state index contributed by atoms with van der Waals surface area (Å²) in [7, 11) is 3.46. The zero-order valence-electron chi connectivity index (χ0n) is 5.20. The van der Waals surface area contributed by atoms with Gasteiger partial charge in [0.1, 0.15) is 0 Å². The molecule has 1 aromatic rings. The summed E-state index contributed by atoms with van der Waals surface area (Å²) in [5.41, 5.74) is 1.33. The van der Waals surface area contributed by atoms with Crippen molar-refractivity contribution in [3.05, 3.63) is 31.8 Å². The van der Waals surface area contributed by atoms with Gasteiger partial charge in [-0.25, -0.2) is 0 Å². The average Bonchev–Trinajstić information content (AvgIpc) is 1.94. The minimum atomic E-state index is 0.914. The molecule has 0 aliphatic heterocycles. The minimum Gasteiger partial charge on any atom is -0.0508 e. The first-order valence-corrected chi connectivity index (χ1v) is 5.40. The molecule has 3 radical (unpaired) electrons. The molecule has 0 saturated heterocycles. The fraction of sp³-hybridized carbons (Fsp3) is 0.143. The van der Waals surface area contributed by atoms with Crippen LogP contribution in [0.2, 0.25) is 0 Å². The Morgan fingerprint density at radius 1 is 1.50 bits per heavy atom. The van der Waals surface area contributed by atoms with Gasteiger partial charge in [-0.15, -0.1) is 0 Å². The van der Waals surface area contributed by atoms with E-state index in [1.54, 1.807) is 0 Å². The molecule has 0 unspecified atom stereocenters. The van der Waals surface area contributed by atoms with E-state index in [9.17, 15) is 0 Å². The highest BCUT2D eigenvalue weighted by Gasteiger charge is 1.95. The van der Waals surface area contributed by atoms with Crippen LogP contribution in [0.1, 0.15) is 5.56 Å². The third kappa shape index (κ3) is 2.07. The molecular weight excluding hydrogens is 319 g/mol. The Hall–Kier alpha value is 0.647. The van der Waals surface area contributed by atoms with Crippen molar-refractivity contribution in [3.8, 4) is 0 Å². The molecule has 0 spiro atoms. The smallest absolute Gasteiger partial charge is 0.0284 e. The van der Waals surface area contributed by atoms with Gasteiger partial charge in [0, 0.05) is 18.3 Å². The molecule has 0 amide bonds. The van der Waals surface area contributed by atoms with E-state index in [0.717, 1.165) is 10.5 Å². The topological polar surface area (TPSA) is 0 Å². The lowest BCUT2D eigenvalue weighted by Gasteiger charge is -1.99. The molecule has 0 aromatic heterocycles. The zero-order valence-corrected chi connectivity index (χ0v) is 9.94. The Balaban J connectivity index is 3.09. The lowest BCUT2D eigenvalue weighted by molar-refractivity contribution is 1.35. The molecule has 0 nitrogen and oxygen atoms in total. The Kier molecular flexibility index (Phi) is 3.39. The van der Waals surface area contributed by atoms with Crippen molar-refractivity contribution in [2.45, 2.75) is 6.04 Å². The summed E-state index contributed by atoms with van der Waals surface area (Å²) >= 11 is 5.74. The molecule has 0 N–H and O–H groups in total. The Bertz CT molecular complexity index is 237. The van der Waals surface area contributed by atoms with Gasteiger partial charge in [0.15, 0.2) is 0 Å². The fourth-order valence-corrected chi connectivity index (χ4v) is 2.27. The maximum absolute atomic E-state index is 3.46. The van der Waals surface area contributed by atoms with Crippen LogP contribution in [0, 0.1) is 3.57 Å². The van der Waals surface area contributed by atoms with Gasteiger partial charge in [0.2, 0.25) is 0 Å². The molecule has 0 fully saturated rings. The number of rotatable bonds is 1. The molecule has 0 bridgehead atoms. The molecule has 0 saturated carbocycles. The maximum atomic E-state index is 3.46. The summed E-state index contributed by atoms with van der Waals surface area (Å²) in [6, 6.07) is 7.18. The summed E-state index contributed by atoms with van der Waals surface area (Å²) in [6.07, 6.45) is 0. The summed E-state index contributed by atoms with van der Waals surface area (Å²) in [5, 5.41) is 0. The molecule has 1 aromatic carbocycles. The Morgan fingerprint density at radius 2 is 2.20 bits per heavy atom. The van der Waals surface area contributed by atoms with Gasteiger partial charge < -0.3 is 0 Å². The van der Waals surface area contributed by atoms with Crippen molar-refractivity contribution in [1.82, 2.24) is 0 Å². The summed E-state index contributed by atoms with van der Waals surface area (Å²) in [5.74, 6) is 0. The highest BCUT2D eigenvalue weighted by Crippen LogP contribution is 2.17. The number of hydrogen-bond donors (Lipinski definition) is 0. The van der Waals surface area contributed by atoms with E-state index < -0.39 is 0 Å². The summed E-state index contributed by atoms with van der Waals surface area (Å²) in [4.78, 5) is 0. The van der Waals surface area contributed by atoms with E-state index >= 15 is 0 Å². The van der Waals surface area contributed by atoms with E-state index in [2.05, 4.69) is 60.9 Å². The largest absolute Gasteiger partial charge is 0.0508 e. The normalized spacial score (nSPS) is 9.90. The fourth-order valence-electron chi connectivity index (χ4n) is 0.679. The van der Waals surface area contributed by atoms with Crippen molar-refractivity contribution < 1.29 is 0 Å². The van der Waals surface area contributed by atoms with Crippen molar-refractivity contribution in [2.24, 2.45) is 0 Å². The molecule has 3 heteroatoms. The van der Waals surface area contributed by atoms with E-state index in [-0.39, 0.29) is 0 Å². The minimum absolute atomic E-state index is 0.914. The molecule has 1 rings (SSSR count). The van der Waals surface area contributed by atoms with Crippen LogP contribution < -0.4 is 0 Å². The predicted molar refractivity (Wildman–Crippen MR) is 56.3 cm³/mol. The van der Waals surface area contributed by atoms with E-state index in [0.29, 0.717) is 0 Å². The first-order valence-electron chi connectivity index (χ1n) is 2.82. The van der Waals surface area contributed by atoms with Gasteiger partial charge in [-0.05, 0) is 52.4 Å². The summed E-state index contributed by atoms with van der Waals surface area (Å²) in [6.45, 7) is 0. The van der Waals surface area contributed by atoms with Crippen molar-refractivity contribution in [1.29, 1.82) is 0 Å². The first-order chi connectivity index (χ1) is 4.74. The van der Waals surface area contributed by atoms with E-state index in [1.165, 1.54) is 9.13 Å². The van der Waals surface area contributed by atoms with Gasteiger partial charge in [0.05, 0.1) is 0 Å². The van der Waals surface area contributed by atoms with Crippen LogP contribution in [0.25, 0.3) is 0 Å². The van der Waals surface area contributed by atoms with Crippen molar-refractivity contribution in [2.75, 3.05) is 0 Å². The van der Waals surface area contributed by atoms with Crippen LogP contribution >= 0.6 is 38.5 Å². The number of halogens is 2. The predicted octanol–water partition coefficient (Wildman–Crippen LogP) is 2.72. The monoisotopic (exact) mass is 323 g/mol. The number of benzene rings is 1. The molecule has 10 heavy (non-hydrogen) atoms. The highest BCUT2D eigenvalue weighted by atomic mass is 127. The van der Waals surface area contributed by atoms with Crippen molar-refractivity contribution in [3.63, 3.8) is 0 Å². The molecule has 51 valence electrons. The SMILES string of the molecule is [Si]Cc1cc(Br)ccc1I. The van der Waals surface area contributed by atoms with Crippen LogP contribution in [0.5, 0.6) is 0 Å². The maximum Gasteiger partial charge on any atom is 0.0284 e. The van der Waals surface area contributed by atoms with Gasteiger partial charge >= 0.3 is 0 Å². The second-order valence-corrected chi connectivity index (χ2v) is 4.34. The third-order valence-electron chi connectivity index (χ3n) is 1.20. The zero-order chi connectivity index (χ0) is 7.56. The standard InChI is InChI=1S/C7H5BrISi/c8-6-1-2-7(9)5(3-6)4-10/h1-3H,4H2. The van der Waals surface area contributed by atoms with Crippen molar-refractivity contribution >= 4 is 48.8 Å². The average molecular weight is 324 g/mol. The van der Waals surface area contributed by atoms with Crippen LogP contribution in [0.4, 0.5) is 0 Å². The van der Waals surface area contributed by atoms with E-state index in [4.69, 9.17) is 0 Å². The first kappa shape index (κ1) is 8.74. The quantitative estimate of drug-likeness (QED) is 0.550. The van der Waals surface area contributed by atoms with Crippen LogP contribution in [-0.2, 0) is 6.04 Å². The van der Waals surface area contributed by atoms with E-state index in [1.807, 2.05) is 6.07 Å². The number of hydrogen-bond acceptors (Lipinski definition) is 0. The molecule has 0 heterocycles. The van der Waals surface area contributed by atoms with Crippen LogP contribution in [0.15, 0.2) is 22.7 Å². The summed E-state index contributed by atoms with van der Waals surface area (Å²) < 4.78 is 2.44. The highest BCUT2D eigenvalue weighted by molar-refractivity contribution is 14.1. The van der Waals surface area contributed by atoms with Gasteiger partial charge in [-0.1, -0.05) is 15.9 Å². The van der Waals surface area contributed by atoms with Gasteiger partial charge in [-0.3, -0.25) is 0 Å². The molecular formula is C7H5BrISi. The van der Waals surface area contributed by atoms with Gasteiger partial charge in [-0.2, -0.15) is 0 Å². The molecule has 0 aliphatic carbocycles. The lowest BCUT2D eigenvalue weighted by atomic mass is 10.2. The lowest BCUT2D eigenvalue weighted by Crippen LogP contribution is -1.87. The molecule has 0 atom stereocenters. The second kappa shape index (κ2) is 3.87. The van der Waals surface area contributed by atoms with Crippen LogP contribution in [-0.4, -0.2) is 10.2 Å². The Labute approximate surface area is 86.1 Å².